The molecule has 1 aromatic heterocycles. The summed E-state index contributed by atoms with van der Waals surface area (Å²) in [5, 5.41) is 12.6. The fourth-order valence-electron chi connectivity index (χ4n) is 4.09. The number of hydrogen-bond acceptors (Lipinski definition) is 7. The van der Waals surface area contributed by atoms with E-state index in [-0.39, 0.29) is 16.6 Å². The average molecular weight is 584 g/mol. The molecule has 0 bridgehead atoms. The van der Waals surface area contributed by atoms with Gasteiger partial charge in [0.15, 0.2) is 11.0 Å². The fourth-order valence-corrected chi connectivity index (χ4v) is 6.48. The molecular formula is C27H26ClN5O4S2. The molecule has 3 aromatic carbocycles. The maximum absolute atomic E-state index is 13.3. The van der Waals surface area contributed by atoms with Crippen molar-refractivity contribution >= 4 is 45.0 Å². The van der Waals surface area contributed by atoms with Gasteiger partial charge in [0.05, 0.1) is 29.5 Å². The number of hydrogen-bond donors (Lipinski definition) is 1. The molecule has 0 spiro atoms. The highest BCUT2D eigenvalue weighted by atomic mass is 35.5. The van der Waals surface area contributed by atoms with Crippen molar-refractivity contribution < 1.29 is 17.9 Å². The molecule has 2 heterocycles. The topological polar surface area (TPSA) is 106 Å². The van der Waals surface area contributed by atoms with Gasteiger partial charge in [-0.3, -0.25) is 9.36 Å². The smallest absolute Gasteiger partial charge is 0.243 e. The largest absolute Gasteiger partial charge is 0.379 e. The second-order valence-electron chi connectivity index (χ2n) is 8.87. The predicted molar refractivity (Wildman–Crippen MR) is 152 cm³/mol. The van der Waals surface area contributed by atoms with E-state index in [0.717, 1.165) is 5.56 Å². The fraction of sp³-hybridized carbons (Fsp3) is 0.222. The molecule has 0 saturated carbocycles. The lowest BCUT2D eigenvalue weighted by Crippen LogP contribution is -2.40. The number of rotatable bonds is 8. The summed E-state index contributed by atoms with van der Waals surface area (Å²) < 4.78 is 35.1. The molecule has 9 nitrogen and oxygen atoms in total. The Kier molecular flexibility index (Phi) is 8.34. The number of morpholine rings is 1. The first-order valence-corrected chi connectivity index (χ1v) is 15.0. The van der Waals surface area contributed by atoms with Crippen LogP contribution in [0.25, 0.3) is 17.1 Å². The number of thioether (sulfide) groups is 1. The standard InChI is InChI=1S/C27H26ClN5O4S2/c1-19-8-10-22(11-9-19)29-25(34)18-38-27-31-30-26(33(27)23-6-3-5-21(28)17-23)20-4-2-7-24(16-20)39(35,36)32-12-14-37-15-13-32/h2-11,16-17H,12-15,18H2,1H3,(H,29,34). The van der Waals surface area contributed by atoms with Gasteiger partial charge in [-0.25, -0.2) is 8.42 Å². The van der Waals surface area contributed by atoms with E-state index in [2.05, 4.69) is 15.5 Å². The minimum Gasteiger partial charge on any atom is -0.379 e. The minimum atomic E-state index is -3.71. The van der Waals surface area contributed by atoms with Crippen molar-refractivity contribution in [3.63, 3.8) is 0 Å². The first kappa shape index (κ1) is 27.4. The van der Waals surface area contributed by atoms with Crippen molar-refractivity contribution in [3.8, 4) is 17.1 Å². The summed E-state index contributed by atoms with van der Waals surface area (Å²) in [5.41, 5.74) is 3.06. The minimum absolute atomic E-state index is 0.0953. The molecular weight excluding hydrogens is 558 g/mol. The van der Waals surface area contributed by atoms with Crippen molar-refractivity contribution in [2.45, 2.75) is 17.0 Å². The van der Waals surface area contributed by atoms with E-state index in [1.165, 1.54) is 16.1 Å². The Labute approximate surface area is 236 Å². The van der Waals surface area contributed by atoms with E-state index in [9.17, 15) is 13.2 Å². The number of amides is 1. The number of halogens is 1. The molecule has 1 amide bonds. The molecule has 1 fully saturated rings. The van der Waals surface area contributed by atoms with Crippen molar-refractivity contribution in [1.29, 1.82) is 0 Å². The summed E-state index contributed by atoms with van der Waals surface area (Å²) in [5.74, 6) is 0.334. The van der Waals surface area contributed by atoms with Crippen LogP contribution in [0, 0.1) is 6.92 Å². The molecule has 1 saturated heterocycles. The maximum atomic E-state index is 13.3. The maximum Gasteiger partial charge on any atom is 0.243 e. The number of aryl methyl sites for hydroxylation is 1. The number of benzene rings is 3. The zero-order chi connectivity index (χ0) is 27.4. The zero-order valence-electron chi connectivity index (χ0n) is 21.1. The summed E-state index contributed by atoms with van der Waals surface area (Å²) in [6, 6.07) is 21.4. The van der Waals surface area contributed by atoms with Gasteiger partial charge in [-0.05, 0) is 49.4 Å². The molecule has 1 aliphatic heterocycles. The molecule has 5 rings (SSSR count). The van der Waals surface area contributed by atoms with Crippen LogP contribution in [-0.4, -0.2) is 65.5 Å². The number of carbonyl (C=O) groups is 1. The zero-order valence-corrected chi connectivity index (χ0v) is 23.5. The van der Waals surface area contributed by atoms with Crippen molar-refractivity contribution in [2.24, 2.45) is 0 Å². The lowest BCUT2D eigenvalue weighted by atomic mass is 10.2. The van der Waals surface area contributed by atoms with Gasteiger partial charge in [-0.1, -0.05) is 59.3 Å². The number of carbonyl (C=O) groups excluding carboxylic acids is 1. The first-order chi connectivity index (χ1) is 18.8. The monoisotopic (exact) mass is 583 g/mol. The third kappa shape index (κ3) is 6.34. The summed E-state index contributed by atoms with van der Waals surface area (Å²) in [6.45, 7) is 3.31. The summed E-state index contributed by atoms with van der Waals surface area (Å²) in [7, 11) is -3.71. The molecule has 0 atom stereocenters. The van der Waals surface area contributed by atoms with E-state index < -0.39 is 10.0 Å². The summed E-state index contributed by atoms with van der Waals surface area (Å²) in [4.78, 5) is 12.8. The highest BCUT2D eigenvalue weighted by Crippen LogP contribution is 2.31. The van der Waals surface area contributed by atoms with Gasteiger partial charge in [-0.15, -0.1) is 10.2 Å². The molecule has 0 radical (unpaired) electrons. The third-order valence-corrected chi connectivity index (χ3v) is 9.13. The van der Waals surface area contributed by atoms with E-state index in [1.54, 1.807) is 47.0 Å². The van der Waals surface area contributed by atoms with E-state index in [0.29, 0.717) is 59.2 Å². The van der Waals surface area contributed by atoms with Crippen molar-refractivity contribution in [3.05, 3.63) is 83.4 Å². The molecule has 4 aromatic rings. The Hall–Kier alpha value is -3.22. The number of anilines is 1. The number of aromatic nitrogens is 3. The highest BCUT2D eigenvalue weighted by molar-refractivity contribution is 7.99. The lowest BCUT2D eigenvalue weighted by Gasteiger charge is -2.26. The molecule has 39 heavy (non-hydrogen) atoms. The van der Waals surface area contributed by atoms with Gasteiger partial charge in [-0.2, -0.15) is 4.31 Å². The van der Waals surface area contributed by atoms with Crippen LogP contribution in [0.5, 0.6) is 0 Å². The number of nitrogens with one attached hydrogen (secondary N) is 1. The van der Waals surface area contributed by atoms with Crippen LogP contribution in [0.2, 0.25) is 5.02 Å². The van der Waals surface area contributed by atoms with Gasteiger partial charge in [0.1, 0.15) is 0 Å². The van der Waals surface area contributed by atoms with Crippen molar-refractivity contribution in [2.75, 3.05) is 37.4 Å². The molecule has 0 aliphatic carbocycles. The van der Waals surface area contributed by atoms with Crippen molar-refractivity contribution in [1.82, 2.24) is 19.1 Å². The number of ether oxygens (including phenoxy) is 1. The number of nitrogens with zero attached hydrogens (tertiary/aromatic N) is 4. The van der Waals surface area contributed by atoms with Gasteiger partial charge in [0.2, 0.25) is 15.9 Å². The van der Waals surface area contributed by atoms with Gasteiger partial charge in [0, 0.05) is 29.4 Å². The Bertz CT molecular complexity index is 1590. The summed E-state index contributed by atoms with van der Waals surface area (Å²) >= 11 is 7.51. The predicted octanol–water partition coefficient (Wildman–Crippen LogP) is 4.65. The third-order valence-electron chi connectivity index (χ3n) is 6.07. The molecule has 1 N–H and O–H groups in total. The molecule has 12 heteroatoms. The highest BCUT2D eigenvalue weighted by Gasteiger charge is 2.27. The van der Waals surface area contributed by atoms with E-state index in [1.807, 2.05) is 37.3 Å². The average Bonchev–Trinajstić information content (AvgIpc) is 3.38. The molecule has 202 valence electrons. The second-order valence-corrected chi connectivity index (χ2v) is 12.2. The van der Waals surface area contributed by atoms with E-state index >= 15 is 0 Å². The lowest BCUT2D eigenvalue weighted by molar-refractivity contribution is -0.113. The van der Waals surface area contributed by atoms with Crippen LogP contribution in [0.1, 0.15) is 5.56 Å². The van der Waals surface area contributed by atoms with Crippen LogP contribution in [0.4, 0.5) is 5.69 Å². The molecule has 0 unspecified atom stereocenters. The Morgan fingerprint density at radius 1 is 1.03 bits per heavy atom. The Morgan fingerprint density at radius 2 is 1.77 bits per heavy atom. The van der Waals surface area contributed by atoms with Crippen LogP contribution in [0.3, 0.4) is 0 Å². The quantitative estimate of drug-likeness (QED) is 0.301. The van der Waals surface area contributed by atoms with Crippen LogP contribution in [0.15, 0.2) is 82.8 Å². The number of sulfonamides is 1. The summed E-state index contributed by atoms with van der Waals surface area (Å²) in [6.07, 6.45) is 0. The van der Waals surface area contributed by atoms with E-state index in [4.69, 9.17) is 16.3 Å². The van der Waals surface area contributed by atoms with Crippen LogP contribution < -0.4 is 5.32 Å². The van der Waals surface area contributed by atoms with Gasteiger partial charge in [0.25, 0.3) is 0 Å². The second kappa shape index (κ2) is 11.9. The SMILES string of the molecule is Cc1ccc(NC(=O)CSc2nnc(-c3cccc(S(=O)(=O)N4CCOCC4)c3)n2-c2cccc(Cl)c2)cc1. The van der Waals surface area contributed by atoms with Crippen LogP contribution in [-0.2, 0) is 19.6 Å². The Balaban J connectivity index is 1.45. The normalized spacial score (nSPS) is 14.3. The van der Waals surface area contributed by atoms with Gasteiger partial charge >= 0.3 is 0 Å². The molecule has 1 aliphatic rings. The van der Waals surface area contributed by atoms with Gasteiger partial charge < -0.3 is 10.1 Å². The van der Waals surface area contributed by atoms with Crippen LogP contribution >= 0.6 is 23.4 Å². The first-order valence-electron chi connectivity index (χ1n) is 12.2. The Morgan fingerprint density at radius 3 is 2.51 bits per heavy atom.